The van der Waals surface area contributed by atoms with Crippen molar-refractivity contribution in [2.24, 2.45) is 0 Å². The highest BCUT2D eigenvalue weighted by Gasteiger charge is 2.07. The molecule has 0 amide bonds. The smallest absolute Gasteiger partial charge is 0.229 e. The van der Waals surface area contributed by atoms with Crippen LogP contribution in [0.5, 0.6) is 0 Å². The van der Waals surface area contributed by atoms with E-state index in [0.717, 1.165) is 16.3 Å². The number of hydrogen-bond donors (Lipinski definition) is 2. The van der Waals surface area contributed by atoms with Crippen molar-refractivity contribution in [3.05, 3.63) is 57.5 Å². The van der Waals surface area contributed by atoms with Crippen LogP contribution in [0.3, 0.4) is 0 Å². The normalized spacial score (nSPS) is 11.2. The van der Waals surface area contributed by atoms with Crippen molar-refractivity contribution in [3.63, 3.8) is 0 Å². The van der Waals surface area contributed by atoms with Gasteiger partial charge in [-0.15, -0.1) is 0 Å². The van der Waals surface area contributed by atoms with E-state index in [4.69, 9.17) is 11.6 Å². The third-order valence-electron chi connectivity index (χ3n) is 2.69. The number of rotatable bonds is 5. The van der Waals surface area contributed by atoms with Crippen molar-refractivity contribution in [2.75, 3.05) is 16.3 Å². The van der Waals surface area contributed by atoms with E-state index in [1.54, 1.807) is 12.1 Å². The molecule has 0 aliphatic heterocycles. The molecular weight excluding hydrogens is 376 g/mol. The fourth-order valence-corrected chi connectivity index (χ4v) is 2.89. The zero-order valence-corrected chi connectivity index (χ0v) is 14.4. The molecule has 0 radical (unpaired) electrons. The second kappa shape index (κ2) is 6.68. The molecule has 4 nitrogen and oxygen atoms in total. The topological polar surface area (TPSA) is 58.2 Å². The monoisotopic (exact) mass is 388 g/mol. The molecule has 2 aromatic rings. The highest BCUT2D eigenvalue weighted by atomic mass is 79.9. The van der Waals surface area contributed by atoms with E-state index in [1.165, 1.54) is 0 Å². The first-order chi connectivity index (χ1) is 9.85. The molecule has 0 saturated carbocycles. The van der Waals surface area contributed by atoms with Gasteiger partial charge in [0, 0.05) is 11.0 Å². The van der Waals surface area contributed by atoms with E-state index in [-0.39, 0.29) is 0 Å². The van der Waals surface area contributed by atoms with Gasteiger partial charge >= 0.3 is 0 Å². The van der Waals surface area contributed by atoms with Gasteiger partial charge in [0.15, 0.2) is 0 Å². The Bertz CT molecular complexity index is 750. The Balaban J connectivity index is 2.14. The van der Waals surface area contributed by atoms with Crippen molar-refractivity contribution in [3.8, 4) is 0 Å². The van der Waals surface area contributed by atoms with E-state index < -0.39 is 10.0 Å². The number of hydrogen-bond acceptors (Lipinski definition) is 3. The maximum atomic E-state index is 11.3. The molecule has 112 valence electrons. The molecule has 2 N–H and O–H groups in total. The van der Waals surface area contributed by atoms with Crippen LogP contribution in [0.25, 0.3) is 0 Å². The first-order valence-electron chi connectivity index (χ1n) is 6.10. The van der Waals surface area contributed by atoms with Crippen molar-refractivity contribution in [2.45, 2.75) is 6.54 Å². The van der Waals surface area contributed by atoms with Crippen LogP contribution in [0.2, 0.25) is 5.02 Å². The Morgan fingerprint density at radius 2 is 1.81 bits per heavy atom. The van der Waals surface area contributed by atoms with E-state index in [9.17, 15) is 8.42 Å². The molecule has 2 aromatic carbocycles. The Morgan fingerprint density at radius 1 is 1.14 bits per heavy atom. The number of halogens is 2. The summed E-state index contributed by atoms with van der Waals surface area (Å²) >= 11 is 9.33. The molecule has 0 bridgehead atoms. The fourth-order valence-electron chi connectivity index (χ4n) is 1.77. The van der Waals surface area contributed by atoms with Gasteiger partial charge in [-0.1, -0.05) is 29.8 Å². The molecule has 0 aromatic heterocycles. The molecule has 21 heavy (non-hydrogen) atoms. The van der Waals surface area contributed by atoms with Crippen molar-refractivity contribution >= 4 is 48.9 Å². The van der Waals surface area contributed by atoms with E-state index in [0.29, 0.717) is 22.9 Å². The average Bonchev–Trinajstić information content (AvgIpc) is 2.40. The Morgan fingerprint density at radius 3 is 2.43 bits per heavy atom. The minimum Gasteiger partial charge on any atom is -0.379 e. The van der Waals surface area contributed by atoms with Gasteiger partial charge in [0.25, 0.3) is 0 Å². The summed E-state index contributed by atoms with van der Waals surface area (Å²) in [6.07, 6.45) is 1.13. The van der Waals surface area contributed by atoms with Gasteiger partial charge in [-0.2, -0.15) is 0 Å². The first-order valence-corrected chi connectivity index (χ1v) is 9.16. The molecule has 0 aliphatic carbocycles. The second-order valence-corrected chi connectivity index (χ2v) is 7.53. The minimum atomic E-state index is -3.31. The third kappa shape index (κ3) is 4.91. The summed E-state index contributed by atoms with van der Waals surface area (Å²) in [6, 6.07) is 12.8. The average molecular weight is 390 g/mol. The molecule has 0 unspecified atom stereocenters. The number of anilines is 2. The zero-order valence-electron chi connectivity index (χ0n) is 11.2. The van der Waals surface area contributed by atoms with Crippen molar-refractivity contribution in [1.82, 2.24) is 0 Å². The van der Waals surface area contributed by atoms with Gasteiger partial charge in [0.05, 0.1) is 22.7 Å². The lowest BCUT2D eigenvalue weighted by atomic mass is 10.2. The number of nitrogens with one attached hydrogen (secondary N) is 2. The largest absolute Gasteiger partial charge is 0.379 e. The zero-order chi connectivity index (χ0) is 15.5. The summed E-state index contributed by atoms with van der Waals surface area (Å²) in [7, 11) is -3.31. The summed E-state index contributed by atoms with van der Waals surface area (Å²) in [5, 5.41) is 3.86. The molecule has 7 heteroatoms. The van der Waals surface area contributed by atoms with Crippen LogP contribution in [-0.4, -0.2) is 14.7 Å². The van der Waals surface area contributed by atoms with E-state index in [1.807, 2.05) is 30.3 Å². The molecule has 0 atom stereocenters. The summed E-state index contributed by atoms with van der Waals surface area (Å²) in [5.41, 5.74) is 2.27. The highest BCUT2D eigenvalue weighted by Crippen LogP contribution is 2.25. The minimum absolute atomic E-state index is 0.521. The van der Waals surface area contributed by atoms with Crippen LogP contribution in [0, 0.1) is 0 Å². The summed E-state index contributed by atoms with van der Waals surface area (Å²) in [6.45, 7) is 0.554. The van der Waals surface area contributed by atoms with E-state index >= 15 is 0 Å². The number of benzene rings is 2. The maximum absolute atomic E-state index is 11.3. The molecule has 0 saturated heterocycles. The maximum Gasteiger partial charge on any atom is 0.229 e. The van der Waals surface area contributed by atoms with E-state index in [2.05, 4.69) is 26.0 Å². The van der Waals surface area contributed by atoms with Gasteiger partial charge in [0.1, 0.15) is 0 Å². The second-order valence-electron chi connectivity index (χ2n) is 4.52. The lowest BCUT2D eigenvalue weighted by Crippen LogP contribution is -2.11. The van der Waals surface area contributed by atoms with Crippen LogP contribution in [0.4, 0.5) is 11.4 Å². The van der Waals surface area contributed by atoms with Gasteiger partial charge < -0.3 is 5.32 Å². The first kappa shape index (κ1) is 16.1. The third-order valence-corrected chi connectivity index (χ3v) is 4.49. The van der Waals surface area contributed by atoms with Crippen LogP contribution in [-0.2, 0) is 16.6 Å². The van der Waals surface area contributed by atoms with Gasteiger partial charge in [-0.05, 0) is 45.8 Å². The summed E-state index contributed by atoms with van der Waals surface area (Å²) in [4.78, 5) is 0. The Hall–Kier alpha value is -1.24. The molecule has 0 aliphatic rings. The molecule has 0 fully saturated rings. The molecular formula is C14H14BrClN2O2S. The SMILES string of the molecule is CS(=O)(=O)Nc1ccccc1NCc1ccc(Cl)c(Br)c1. The van der Waals surface area contributed by atoms with Gasteiger partial charge in [0.2, 0.25) is 10.0 Å². The molecule has 2 rings (SSSR count). The quantitative estimate of drug-likeness (QED) is 0.810. The lowest BCUT2D eigenvalue weighted by molar-refractivity contribution is 0.607. The molecule has 0 heterocycles. The van der Waals surface area contributed by atoms with Crippen molar-refractivity contribution < 1.29 is 8.42 Å². The predicted octanol–water partition coefficient (Wildman–Crippen LogP) is 4.09. The summed E-state index contributed by atoms with van der Waals surface area (Å²) in [5.74, 6) is 0. The highest BCUT2D eigenvalue weighted by molar-refractivity contribution is 9.10. The van der Waals surface area contributed by atoms with Gasteiger partial charge in [-0.25, -0.2) is 8.42 Å². The fraction of sp³-hybridized carbons (Fsp3) is 0.143. The number of para-hydroxylation sites is 2. The van der Waals surface area contributed by atoms with Gasteiger partial charge in [-0.3, -0.25) is 4.72 Å². The van der Waals surface area contributed by atoms with Crippen LogP contribution >= 0.6 is 27.5 Å². The predicted molar refractivity (Wildman–Crippen MR) is 91.4 cm³/mol. The van der Waals surface area contributed by atoms with Crippen LogP contribution < -0.4 is 10.0 Å². The Kier molecular flexibility index (Phi) is 5.13. The number of sulfonamides is 1. The van der Waals surface area contributed by atoms with Crippen LogP contribution in [0.1, 0.15) is 5.56 Å². The van der Waals surface area contributed by atoms with Crippen molar-refractivity contribution in [1.29, 1.82) is 0 Å². The molecule has 0 spiro atoms. The summed E-state index contributed by atoms with van der Waals surface area (Å²) < 4.78 is 26.0. The van der Waals surface area contributed by atoms with Crippen LogP contribution in [0.15, 0.2) is 46.9 Å². The Labute approximate surface area is 137 Å². The standard InChI is InChI=1S/C14H14BrClN2O2S/c1-21(19,20)18-14-5-3-2-4-13(14)17-9-10-6-7-12(16)11(15)8-10/h2-8,17-18H,9H2,1H3. The lowest BCUT2D eigenvalue weighted by Gasteiger charge is -2.13.